The SMILES string of the molecule is N#Cc1cn(-c2ccc(C(=O)O)cc2)cc1/C=C/c1ccccc1. The molecule has 0 aliphatic carbocycles. The number of rotatable bonds is 4. The molecule has 0 saturated heterocycles. The van der Waals surface area contributed by atoms with Gasteiger partial charge in [0.25, 0.3) is 0 Å². The first-order valence-electron chi connectivity index (χ1n) is 7.36. The monoisotopic (exact) mass is 314 g/mol. The Kier molecular flexibility index (Phi) is 4.26. The summed E-state index contributed by atoms with van der Waals surface area (Å²) in [6.07, 6.45) is 7.44. The van der Waals surface area contributed by atoms with Gasteiger partial charge in [-0.25, -0.2) is 4.79 Å². The Morgan fingerprint density at radius 3 is 2.33 bits per heavy atom. The molecule has 1 aromatic heterocycles. The molecular formula is C20H14N2O2. The van der Waals surface area contributed by atoms with Crippen molar-refractivity contribution in [2.75, 3.05) is 0 Å². The molecule has 24 heavy (non-hydrogen) atoms. The van der Waals surface area contributed by atoms with E-state index in [4.69, 9.17) is 5.11 Å². The maximum Gasteiger partial charge on any atom is 0.335 e. The Hall–Kier alpha value is -3.58. The first kappa shape index (κ1) is 15.3. The average Bonchev–Trinajstić information content (AvgIpc) is 3.04. The van der Waals surface area contributed by atoms with E-state index in [0.717, 1.165) is 16.8 Å². The summed E-state index contributed by atoms with van der Waals surface area (Å²) in [5, 5.41) is 18.3. The molecule has 4 heteroatoms. The van der Waals surface area contributed by atoms with E-state index < -0.39 is 5.97 Å². The molecule has 0 atom stereocenters. The molecule has 0 aliphatic heterocycles. The zero-order valence-corrected chi connectivity index (χ0v) is 12.8. The highest BCUT2D eigenvalue weighted by Gasteiger charge is 2.07. The van der Waals surface area contributed by atoms with Gasteiger partial charge in [0.1, 0.15) is 6.07 Å². The number of hydrogen-bond acceptors (Lipinski definition) is 2. The fourth-order valence-corrected chi connectivity index (χ4v) is 2.37. The minimum Gasteiger partial charge on any atom is -0.478 e. The van der Waals surface area contributed by atoms with Gasteiger partial charge in [0.15, 0.2) is 0 Å². The van der Waals surface area contributed by atoms with Crippen LogP contribution < -0.4 is 0 Å². The third-order valence-electron chi connectivity index (χ3n) is 3.65. The van der Waals surface area contributed by atoms with Crippen LogP contribution in [0.5, 0.6) is 0 Å². The summed E-state index contributed by atoms with van der Waals surface area (Å²) in [4.78, 5) is 10.9. The molecule has 1 heterocycles. The molecule has 0 spiro atoms. The molecule has 0 fully saturated rings. The summed E-state index contributed by atoms with van der Waals surface area (Å²) in [6, 6.07) is 18.6. The van der Waals surface area contributed by atoms with Crippen LogP contribution in [0, 0.1) is 11.3 Å². The van der Waals surface area contributed by atoms with E-state index >= 15 is 0 Å². The Morgan fingerprint density at radius 2 is 1.71 bits per heavy atom. The summed E-state index contributed by atoms with van der Waals surface area (Å²) in [7, 11) is 0. The van der Waals surface area contributed by atoms with E-state index in [1.165, 1.54) is 0 Å². The van der Waals surface area contributed by atoms with Crippen molar-refractivity contribution in [3.8, 4) is 11.8 Å². The highest BCUT2D eigenvalue weighted by Crippen LogP contribution is 2.18. The number of hydrogen-bond donors (Lipinski definition) is 1. The average molecular weight is 314 g/mol. The van der Waals surface area contributed by atoms with E-state index in [2.05, 4.69) is 6.07 Å². The molecule has 116 valence electrons. The summed E-state index contributed by atoms with van der Waals surface area (Å²) in [5.74, 6) is -0.960. The summed E-state index contributed by atoms with van der Waals surface area (Å²) in [5.41, 5.74) is 3.46. The van der Waals surface area contributed by atoms with E-state index in [0.29, 0.717) is 5.56 Å². The Morgan fingerprint density at radius 1 is 1.00 bits per heavy atom. The Labute approximate surface area is 139 Å². The molecule has 0 bridgehead atoms. The van der Waals surface area contributed by atoms with Crippen molar-refractivity contribution in [2.24, 2.45) is 0 Å². The van der Waals surface area contributed by atoms with Crippen molar-refractivity contribution < 1.29 is 9.90 Å². The second kappa shape index (κ2) is 6.67. The van der Waals surface area contributed by atoms with E-state index in [1.807, 2.05) is 53.2 Å². The van der Waals surface area contributed by atoms with Crippen molar-refractivity contribution in [3.63, 3.8) is 0 Å². The van der Waals surface area contributed by atoms with Gasteiger partial charge in [-0.2, -0.15) is 5.26 Å². The van der Waals surface area contributed by atoms with Gasteiger partial charge in [0, 0.05) is 23.6 Å². The predicted octanol–water partition coefficient (Wildman–Crippen LogP) is 4.22. The number of aromatic nitrogens is 1. The standard InChI is InChI=1S/C20H14N2O2/c21-12-18-14-22(19-10-8-16(9-11-19)20(23)24)13-17(18)7-6-15-4-2-1-3-5-15/h1-11,13-14H,(H,23,24)/b7-6+. The molecule has 0 amide bonds. The van der Waals surface area contributed by atoms with E-state index in [-0.39, 0.29) is 5.56 Å². The maximum absolute atomic E-state index is 10.9. The lowest BCUT2D eigenvalue weighted by Crippen LogP contribution is -1.97. The van der Waals surface area contributed by atoms with Gasteiger partial charge in [0.2, 0.25) is 0 Å². The number of benzene rings is 2. The van der Waals surface area contributed by atoms with Crippen LogP contribution in [-0.2, 0) is 0 Å². The van der Waals surface area contributed by atoms with E-state index in [1.54, 1.807) is 30.5 Å². The zero-order chi connectivity index (χ0) is 16.9. The smallest absolute Gasteiger partial charge is 0.335 e. The molecule has 3 rings (SSSR count). The third-order valence-corrected chi connectivity index (χ3v) is 3.65. The largest absolute Gasteiger partial charge is 0.478 e. The predicted molar refractivity (Wildman–Crippen MR) is 92.8 cm³/mol. The van der Waals surface area contributed by atoms with Crippen LogP contribution in [0.2, 0.25) is 0 Å². The fourth-order valence-electron chi connectivity index (χ4n) is 2.37. The van der Waals surface area contributed by atoms with Crippen LogP contribution >= 0.6 is 0 Å². The second-order valence-electron chi connectivity index (χ2n) is 5.24. The van der Waals surface area contributed by atoms with Crippen molar-refractivity contribution in [1.82, 2.24) is 4.57 Å². The number of nitriles is 1. The molecule has 1 N–H and O–H groups in total. The van der Waals surface area contributed by atoms with Gasteiger partial charge in [-0.3, -0.25) is 0 Å². The van der Waals surface area contributed by atoms with Crippen LogP contribution in [0.3, 0.4) is 0 Å². The van der Waals surface area contributed by atoms with Gasteiger partial charge in [0.05, 0.1) is 11.1 Å². The molecular weight excluding hydrogens is 300 g/mol. The van der Waals surface area contributed by atoms with Crippen LogP contribution in [-0.4, -0.2) is 15.6 Å². The Balaban J connectivity index is 1.92. The highest BCUT2D eigenvalue weighted by molar-refractivity contribution is 5.87. The minimum absolute atomic E-state index is 0.232. The number of aromatic carboxylic acids is 1. The lowest BCUT2D eigenvalue weighted by atomic mass is 10.1. The molecule has 0 aliphatic rings. The quantitative estimate of drug-likeness (QED) is 0.784. The molecule has 0 saturated carbocycles. The number of carbonyl (C=O) groups is 1. The maximum atomic E-state index is 10.9. The second-order valence-corrected chi connectivity index (χ2v) is 5.24. The zero-order valence-electron chi connectivity index (χ0n) is 12.8. The molecule has 2 aromatic carbocycles. The van der Waals surface area contributed by atoms with Crippen LogP contribution in [0.1, 0.15) is 27.0 Å². The van der Waals surface area contributed by atoms with Crippen LogP contribution in [0.25, 0.3) is 17.8 Å². The molecule has 0 unspecified atom stereocenters. The molecule has 0 radical (unpaired) electrons. The summed E-state index contributed by atoms with van der Waals surface area (Å²) < 4.78 is 1.81. The third kappa shape index (κ3) is 3.26. The fraction of sp³-hybridized carbons (Fsp3) is 0. The van der Waals surface area contributed by atoms with Crippen molar-refractivity contribution in [3.05, 3.63) is 89.2 Å². The van der Waals surface area contributed by atoms with Crippen molar-refractivity contribution in [1.29, 1.82) is 5.26 Å². The number of carboxylic acids is 1. The minimum atomic E-state index is -0.960. The van der Waals surface area contributed by atoms with Crippen LogP contribution in [0.15, 0.2) is 67.0 Å². The van der Waals surface area contributed by atoms with Gasteiger partial charge < -0.3 is 9.67 Å². The highest BCUT2D eigenvalue weighted by atomic mass is 16.4. The summed E-state index contributed by atoms with van der Waals surface area (Å²) in [6.45, 7) is 0. The Bertz CT molecular complexity index is 930. The first-order valence-corrected chi connectivity index (χ1v) is 7.36. The van der Waals surface area contributed by atoms with Gasteiger partial charge in [-0.15, -0.1) is 0 Å². The lowest BCUT2D eigenvalue weighted by Gasteiger charge is -2.02. The molecule has 3 aromatic rings. The van der Waals surface area contributed by atoms with Gasteiger partial charge in [-0.1, -0.05) is 42.5 Å². The normalized spacial score (nSPS) is 10.6. The first-order chi connectivity index (χ1) is 11.7. The van der Waals surface area contributed by atoms with Gasteiger partial charge in [-0.05, 0) is 29.8 Å². The van der Waals surface area contributed by atoms with Crippen molar-refractivity contribution >= 4 is 18.1 Å². The van der Waals surface area contributed by atoms with Gasteiger partial charge >= 0.3 is 5.97 Å². The summed E-state index contributed by atoms with van der Waals surface area (Å²) >= 11 is 0. The van der Waals surface area contributed by atoms with Crippen molar-refractivity contribution in [2.45, 2.75) is 0 Å². The number of nitrogens with zero attached hydrogens (tertiary/aromatic N) is 2. The lowest BCUT2D eigenvalue weighted by molar-refractivity contribution is 0.0697. The molecule has 4 nitrogen and oxygen atoms in total. The topological polar surface area (TPSA) is 66.0 Å². The van der Waals surface area contributed by atoms with E-state index in [9.17, 15) is 10.1 Å². The van der Waals surface area contributed by atoms with Crippen LogP contribution in [0.4, 0.5) is 0 Å². The number of carboxylic acid groups (broad SMARTS) is 1.